The molecule has 1 amide bonds. The van der Waals surface area contributed by atoms with E-state index in [1.54, 1.807) is 25.1 Å². The average molecular weight is 248 g/mol. The lowest BCUT2D eigenvalue weighted by Crippen LogP contribution is -2.48. The molecule has 0 spiro atoms. The van der Waals surface area contributed by atoms with Crippen LogP contribution in [0.2, 0.25) is 0 Å². The Morgan fingerprint density at radius 1 is 1.44 bits per heavy atom. The lowest BCUT2D eigenvalue weighted by molar-refractivity contribution is 0.0922. The van der Waals surface area contributed by atoms with E-state index in [4.69, 9.17) is 0 Å². The van der Waals surface area contributed by atoms with Gasteiger partial charge in [-0.2, -0.15) is 0 Å². The normalized spacial score (nSPS) is 23.7. The van der Waals surface area contributed by atoms with Crippen molar-refractivity contribution in [1.82, 2.24) is 10.6 Å². The molecule has 2 unspecified atom stereocenters. The van der Waals surface area contributed by atoms with Crippen molar-refractivity contribution >= 4 is 5.91 Å². The summed E-state index contributed by atoms with van der Waals surface area (Å²) >= 11 is 0. The summed E-state index contributed by atoms with van der Waals surface area (Å²) in [5.74, 6) is 0.444. The Balaban J connectivity index is 2.05. The van der Waals surface area contributed by atoms with Crippen LogP contribution in [-0.4, -0.2) is 30.1 Å². The van der Waals surface area contributed by atoms with Crippen LogP contribution in [0, 0.1) is 12.8 Å². The molecule has 1 heterocycles. The third-order valence-corrected chi connectivity index (χ3v) is 3.39. The van der Waals surface area contributed by atoms with Gasteiger partial charge in [0.25, 0.3) is 5.91 Å². The van der Waals surface area contributed by atoms with E-state index in [9.17, 15) is 9.90 Å². The molecule has 1 aliphatic heterocycles. The molecule has 1 aromatic carbocycles. The maximum absolute atomic E-state index is 12.1. The fourth-order valence-electron chi connectivity index (χ4n) is 2.37. The number of phenolic OH excluding ortho intramolecular Hbond substituents is 1. The maximum atomic E-state index is 12.1. The van der Waals surface area contributed by atoms with Gasteiger partial charge in [0, 0.05) is 12.6 Å². The Hall–Kier alpha value is -1.55. The number of rotatable bonds is 2. The number of piperidine rings is 1. The summed E-state index contributed by atoms with van der Waals surface area (Å²) in [7, 11) is 0. The van der Waals surface area contributed by atoms with E-state index in [-0.39, 0.29) is 17.7 Å². The van der Waals surface area contributed by atoms with Gasteiger partial charge in [0.1, 0.15) is 5.75 Å². The van der Waals surface area contributed by atoms with Gasteiger partial charge in [-0.05, 0) is 37.4 Å². The summed E-state index contributed by atoms with van der Waals surface area (Å²) in [5.41, 5.74) is 1.08. The van der Waals surface area contributed by atoms with Crippen LogP contribution in [0.25, 0.3) is 0 Å². The predicted octanol–water partition coefficient (Wildman–Crippen LogP) is 1.43. The minimum Gasteiger partial charge on any atom is -0.507 e. The van der Waals surface area contributed by atoms with Crippen LogP contribution in [-0.2, 0) is 0 Å². The lowest BCUT2D eigenvalue weighted by Gasteiger charge is -2.28. The first-order valence-electron chi connectivity index (χ1n) is 6.38. The van der Waals surface area contributed by atoms with Crippen molar-refractivity contribution in [1.29, 1.82) is 0 Å². The Morgan fingerprint density at radius 3 is 2.94 bits per heavy atom. The van der Waals surface area contributed by atoms with E-state index in [0.717, 1.165) is 25.1 Å². The summed E-state index contributed by atoms with van der Waals surface area (Å²) in [6, 6.07) is 5.36. The number of nitrogens with one attached hydrogen (secondary N) is 2. The zero-order valence-electron chi connectivity index (χ0n) is 10.9. The summed E-state index contributed by atoms with van der Waals surface area (Å²) in [5, 5.41) is 16.1. The largest absolute Gasteiger partial charge is 0.507 e. The first-order valence-corrected chi connectivity index (χ1v) is 6.38. The van der Waals surface area contributed by atoms with Crippen LogP contribution < -0.4 is 10.6 Å². The van der Waals surface area contributed by atoms with E-state index in [1.165, 1.54) is 0 Å². The van der Waals surface area contributed by atoms with E-state index in [0.29, 0.717) is 11.5 Å². The second-order valence-electron chi connectivity index (χ2n) is 5.14. The monoisotopic (exact) mass is 248 g/mol. The topological polar surface area (TPSA) is 61.4 Å². The molecule has 1 saturated heterocycles. The number of aromatic hydroxyl groups is 1. The molecule has 98 valence electrons. The summed E-state index contributed by atoms with van der Waals surface area (Å²) in [6.45, 7) is 5.75. The fraction of sp³-hybridized carbons (Fsp3) is 0.500. The average Bonchev–Trinajstić information content (AvgIpc) is 2.32. The third kappa shape index (κ3) is 2.82. The molecule has 3 N–H and O–H groups in total. The summed E-state index contributed by atoms with van der Waals surface area (Å²) in [4.78, 5) is 12.1. The number of hydrogen-bond acceptors (Lipinski definition) is 3. The summed E-state index contributed by atoms with van der Waals surface area (Å²) in [6.07, 6.45) is 0.977. The minimum atomic E-state index is -0.197. The van der Waals surface area contributed by atoms with Crippen LogP contribution in [0.5, 0.6) is 5.75 Å². The molecule has 0 bridgehead atoms. The van der Waals surface area contributed by atoms with E-state index in [1.807, 2.05) is 0 Å². The van der Waals surface area contributed by atoms with Crippen molar-refractivity contribution in [3.63, 3.8) is 0 Å². The van der Waals surface area contributed by atoms with Gasteiger partial charge >= 0.3 is 0 Å². The van der Waals surface area contributed by atoms with Crippen molar-refractivity contribution in [2.75, 3.05) is 13.1 Å². The number of carbonyl (C=O) groups excluding carboxylic acids is 1. The number of hydrogen-bond donors (Lipinski definition) is 3. The second kappa shape index (κ2) is 5.40. The SMILES string of the molecule is Cc1cccc(C(=O)NC2CNCC(C)C2)c1O. The molecule has 4 nitrogen and oxygen atoms in total. The lowest BCUT2D eigenvalue weighted by atomic mass is 9.97. The van der Waals surface area contributed by atoms with Crippen LogP contribution >= 0.6 is 0 Å². The molecule has 0 radical (unpaired) electrons. The quantitative estimate of drug-likeness (QED) is 0.742. The maximum Gasteiger partial charge on any atom is 0.255 e. The molecule has 4 heteroatoms. The molecule has 1 fully saturated rings. The molecule has 2 atom stereocenters. The van der Waals surface area contributed by atoms with Gasteiger partial charge in [0.15, 0.2) is 0 Å². The van der Waals surface area contributed by atoms with Gasteiger partial charge in [-0.15, -0.1) is 0 Å². The van der Waals surface area contributed by atoms with Gasteiger partial charge in [-0.3, -0.25) is 4.79 Å². The van der Waals surface area contributed by atoms with Crippen molar-refractivity contribution in [2.45, 2.75) is 26.3 Å². The minimum absolute atomic E-state index is 0.0758. The zero-order chi connectivity index (χ0) is 13.1. The van der Waals surface area contributed by atoms with Crippen LogP contribution in [0.1, 0.15) is 29.3 Å². The Labute approximate surface area is 107 Å². The van der Waals surface area contributed by atoms with Crippen molar-refractivity contribution < 1.29 is 9.90 Å². The molecular formula is C14H20N2O2. The Kier molecular flexibility index (Phi) is 3.87. The number of carbonyl (C=O) groups is 1. The highest BCUT2D eigenvalue weighted by molar-refractivity contribution is 5.97. The van der Waals surface area contributed by atoms with Gasteiger partial charge < -0.3 is 15.7 Å². The molecule has 1 aromatic rings. The molecule has 18 heavy (non-hydrogen) atoms. The summed E-state index contributed by atoms with van der Waals surface area (Å²) < 4.78 is 0. The highest BCUT2D eigenvalue weighted by Gasteiger charge is 2.21. The van der Waals surface area contributed by atoms with Crippen LogP contribution in [0.4, 0.5) is 0 Å². The molecular weight excluding hydrogens is 228 g/mol. The van der Waals surface area contributed by atoms with Crippen molar-refractivity contribution in [3.05, 3.63) is 29.3 Å². The number of phenols is 1. The molecule has 0 aliphatic carbocycles. The first kappa shape index (κ1) is 12.9. The Morgan fingerprint density at radius 2 is 2.22 bits per heavy atom. The smallest absolute Gasteiger partial charge is 0.255 e. The molecule has 0 saturated carbocycles. The Bertz CT molecular complexity index is 445. The predicted molar refractivity (Wildman–Crippen MR) is 70.7 cm³/mol. The van der Waals surface area contributed by atoms with E-state index >= 15 is 0 Å². The van der Waals surface area contributed by atoms with Gasteiger partial charge in [0.2, 0.25) is 0 Å². The second-order valence-corrected chi connectivity index (χ2v) is 5.14. The van der Waals surface area contributed by atoms with E-state index in [2.05, 4.69) is 17.6 Å². The highest BCUT2D eigenvalue weighted by Crippen LogP contribution is 2.21. The number of aryl methyl sites for hydroxylation is 1. The van der Waals surface area contributed by atoms with Crippen LogP contribution in [0.3, 0.4) is 0 Å². The first-order chi connectivity index (χ1) is 8.58. The molecule has 2 rings (SSSR count). The number of benzene rings is 1. The third-order valence-electron chi connectivity index (χ3n) is 3.39. The molecule has 0 aromatic heterocycles. The number of para-hydroxylation sites is 1. The number of amides is 1. The van der Waals surface area contributed by atoms with Gasteiger partial charge in [0.05, 0.1) is 5.56 Å². The molecule has 1 aliphatic rings. The van der Waals surface area contributed by atoms with Crippen molar-refractivity contribution in [3.8, 4) is 5.75 Å². The standard InChI is InChI=1S/C14H20N2O2/c1-9-6-11(8-15-7-9)16-14(18)12-5-3-4-10(2)13(12)17/h3-5,9,11,15,17H,6-8H2,1-2H3,(H,16,18). The van der Waals surface area contributed by atoms with E-state index < -0.39 is 0 Å². The van der Waals surface area contributed by atoms with Gasteiger partial charge in [-0.25, -0.2) is 0 Å². The van der Waals surface area contributed by atoms with Gasteiger partial charge in [-0.1, -0.05) is 19.1 Å². The highest BCUT2D eigenvalue weighted by atomic mass is 16.3. The van der Waals surface area contributed by atoms with Crippen LogP contribution in [0.15, 0.2) is 18.2 Å². The fourth-order valence-corrected chi connectivity index (χ4v) is 2.37. The van der Waals surface area contributed by atoms with Crippen molar-refractivity contribution in [2.24, 2.45) is 5.92 Å². The zero-order valence-corrected chi connectivity index (χ0v) is 10.9.